The molecule has 0 aromatic carbocycles. The molecule has 20 heavy (non-hydrogen) atoms. The standard InChI is InChI=1S/C17H30N2O/c20-15-17(7-3-1-2-4-8-17)14-19-11-9-18(10-12-19)13-16-5-6-16/h15-16H,1-14H2. The summed E-state index contributed by atoms with van der Waals surface area (Å²) in [6.45, 7) is 7.11. The maximum absolute atomic E-state index is 11.7. The predicted molar refractivity (Wildman–Crippen MR) is 81.8 cm³/mol. The smallest absolute Gasteiger partial charge is 0.127 e. The molecular formula is C17H30N2O. The predicted octanol–water partition coefficient (Wildman–Crippen LogP) is 2.55. The summed E-state index contributed by atoms with van der Waals surface area (Å²) in [7, 11) is 0. The van der Waals surface area contributed by atoms with Gasteiger partial charge in [-0.25, -0.2) is 0 Å². The van der Waals surface area contributed by atoms with Crippen LogP contribution in [0, 0.1) is 11.3 Å². The molecule has 0 aromatic rings. The van der Waals surface area contributed by atoms with Gasteiger partial charge in [-0.1, -0.05) is 25.7 Å². The number of hydrogen-bond donors (Lipinski definition) is 0. The highest BCUT2D eigenvalue weighted by Crippen LogP contribution is 2.34. The zero-order valence-electron chi connectivity index (χ0n) is 12.9. The van der Waals surface area contributed by atoms with Crippen molar-refractivity contribution in [2.45, 2.75) is 51.4 Å². The Bertz CT molecular complexity index is 311. The molecule has 2 aliphatic carbocycles. The van der Waals surface area contributed by atoms with E-state index in [1.165, 1.54) is 77.5 Å². The average Bonchev–Trinajstić information content (AvgIpc) is 3.29. The molecule has 3 rings (SSSR count). The minimum absolute atomic E-state index is 0.0187. The van der Waals surface area contributed by atoms with Gasteiger partial charge in [0, 0.05) is 44.7 Å². The van der Waals surface area contributed by atoms with Gasteiger partial charge in [-0.05, 0) is 31.6 Å². The lowest BCUT2D eigenvalue weighted by atomic mass is 9.81. The van der Waals surface area contributed by atoms with E-state index in [4.69, 9.17) is 0 Å². The van der Waals surface area contributed by atoms with E-state index in [2.05, 4.69) is 9.80 Å². The molecule has 1 saturated heterocycles. The second-order valence-corrected chi connectivity index (χ2v) is 7.41. The summed E-state index contributed by atoms with van der Waals surface area (Å²) in [5.74, 6) is 1.00. The van der Waals surface area contributed by atoms with Crippen LogP contribution in [-0.2, 0) is 4.79 Å². The Balaban J connectivity index is 1.47. The number of piperazine rings is 1. The molecular weight excluding hydrogens is 248 g/mol. The van der Waals surface area contributed by atoms with Crippen LogP contribution in [0.5, 0.6) is 0 Å². The quantitative estimate of drug-likeness (QED) is 0.570. The van der Waals surface area contributed by atoms with Gasteiger partial charge in [-0.2, -0.15) is 0 Å². The van der Waals surface area contributed by atoms with Crippen LogP contribution in [0.25, 0.3) is 0 Å². The molecule has 0 unspecified atom stereocenters. The first-order valence-corrected chi connectivity index (χ1v) is 8.71. The zero-order chi connectivity index (χ0) is 13.8. The van der Waals surface area contributed by atoms with E-state index < -0.39 is 0 Å². The van der Waals surface area contributed by atoms with Crippen LogP contribution in [0.15, 0.2) is 0 Å². The molecule has 3 aliphatic rings. The van der Waals surface area contributed by atoms with Gasteiger partial charge in [0.1, 0.15) is 6.29 Å². The van der Waals surface area contributed by atoms with Gasteiger partial charge < -0.3 is 9.69 Å². The van der Waals surface area contributed by atoms with E-state index in [0.29, 0.717) is 0 Å². The normalized spacial score (nSPS) is 29.0. The van der Waals surface area contributed by atoms with Crippen molar-refractivity contribution in [1.29, 1.82) is 0 Å². The summed E-state index contributed by atoms with van der Waals surface area (Å²) in [5.41, 5.74) is -0.0187. The Morgan fingerprint density at radius 2 is 1.50 bits per heavy atom. The van der Waals surface area contributed by atoms with Gasteiger partial charge in [0.15, 0.2) is 0 Å². The highest BCUT2D eigenvalue weighted by Gasteiger charge is 2.34. The molecule has 0 aromatic heterocycles. The molecule has 3 fully saturated rings. The molecule has 0 amide bonds. The second kappa shape index (κ2) is 6.57. The fourth-order valence-electron chi connectivity index (χ4n) is 3.99. The van der Waals surface area contributed by atoms with Crippen LogP contribution in [0.1, 0.15) is 51.4 Å². The van der Waals surface area contributed by atoms with E-state index in [9.17, 15) is 4.79 Å². The monoisotopic (exact) mass is 278 g/mol. The summed E-state index contributed by atoms with van der Waals surface area (Å²) in [5, 5.41) is 0. The highest BCUT2D eigenvalue weighted by molar-refractivity contribution is 5.59. The minimum Gasteiger partial charge on any atom is -0.303 e. The Labute approximate surface area is 123 Å². The van der Waals surface area contributed by atoms with Crippen molar-refractivity contribution in [1.82, 2.24) is 9.80 Å². The largest absolute Gasteiger partial charge is 0.303 e. The Hall–Kier alpha value is -0.410. The lowest BCUT2D eigenvalue weighted by Gasteiger charge is -2.39. The summed E-state index contributed by atoms with van der Waals surface area (Å²) in [6, 6.07) is 0. The SMILES string of the molecule is O=CC1(CN2CCN(CC3CC3)CC2)CCCCCC1. The second-order valence-electron chi connectivity index (χ2n) is 7.41. The number of aldehydes is 1. The van der Waals surface area contributed by atoms with Crippen LogP contribution in [-0.4, -0.2) is 55.4 Å². The number of hydrogen-bond acceptors (Lipinski definition) is 3. The summed E-state index contributed by atoms with van der Waals surface area (Å²) < 4.78 is 0. The number of carbonyl (C=O) groups excluding carboxylic acids is 1. The van der Waals surface area contributed by atoms with Gasteiger partial charge in [0.25, 0.3) is 0 Å². The third-order valence-electron chi connectivity index (χ3n) is 5.57. The molecule has 2 saturated carbocycles. The van der Waals surface area contributed by atoms with Crippen LogP contribution in [0.3, 0.4) is 0 Å². The first-order valence-electron chi connectivity index (χ1n) is 8.71. The maximum Gasteiger partial charge on any atom is 0.127 e. The number of rotatable bonds is 5. The van der Waals surface area contributed by atoms with Crippen LogP contribution in [0.2, 0.25) is 0 Å². The molecule has 0 spiro atoms. The Morgan fingerprint density at radius 1 is 0.900 bits per heavy atom. The van der Waals surface area contributed by atoms with Crippen molar-refractivity contribution in [3.05, 3.63) is 0 Å². The van der Waals surface area contributed by atoms with Crippen molar-refractivity contribution in [3.8, 4) is 0 Å². The first-order chi connectivity index (χ1) is 9.80. The van der Waals surface area contributed by atoms with Gasteiger partial charge in [-0.15, -0.1) is 0 Å². The molecule has 0 radical (unpaired) electrons. The van der Waals surface area contributed by atoms with E-state index in [1.54, 1.807) is 0 Å². The molecule has 0 bridgehead atoms. The van der Waals surface area contributed by atoms with Gasteiger partial charge in [0.05, 0.1) is 0 Å². The van der Waals surface area contributed by atoms with Crippen molar-refractivity contribution in [3.63, 3.8) is 0 Å². The molecule has 3 heteroatoms. The van der Waals surface area contributed by atoms with Crippen molar-refractivity contribution < 1.29 is 4.79 Å². The van der Waals surface area contributed by atoms with Crippen molar-refractivity contribution in [2.75, 3.05) is 39.3 Å². The summed E-state index contributed by atoms with van der Waals surface area (Å²) >= 11 is 0. The van der Waals surface area contributed by atoms with Crippen molar-refractivity contribution in [2.24, 2.45) is 11.3 Å². The summed E-state index contributed by atoms with van der Waals surface area (Å²) in [6.07, 6.45) is 11.6. The van der Waals surface area contributed by atoms with Crippen LogP contribution >= 0.6 is 0 Å². The van der Waals surface area contributed by atoms with Gasteiger partial charge >= 0.3 is 0 Å². The number of carbonyl (C=O) groups is 1. The third kappa shape index (κ3) is 3.82. The molecule has 3 nitrogen and oxygen atoms in total. The lowest BCUT2D eigenvalue weighted by Crippen LogP contribution is -2.50. The molecule has 1 aliphatic heterocycles. The third-order valence-corrected chi connectivity index (χ3v) is 5.57. The van der Waals surface area contributed by atoms with Crippen molar-refractivity contribution >= 4 is 6.29 Å². The molecule has 114 valence electrons. The zero-order valence-corrected chi connectivity index (χ0v) is 12.9. The maximum atomic E-state index is 11.7. The average molecular weight is 278 g/mol. The molecule has 1 heterocycles. The fraction of sp³-hybridized carbons (Fsp3) is 0.941. The van der Waals surface area contributed by atoms with Gasteiger partial charge in [0.2, 0.25) is 0 Å². The molecule has 0 N–H and O–H groups in total. The fourth-order valence-corrected chi connectivity index (χ4v) is 3.99. The Morgan fingerprint density at radius 3 is 2.05 bits per heavy atom. The first kappa shape index (κ1) is 14.5. The topological polar surface area (TPSA) is 23.6 Å². The van der Waals surface area contributed by atoms with E-state index in [1.807, 2.05) is 0 Å². The lowest BCUT2D eigenvalue weighted by molar-refractivity contribution is -0.118. The van der Waals surface area contributed by atoms with Crippen LogP contribution in [0.4, 0.5) is 0 Å². The van der Waals surface area contributed by atoms with E-state index in [0.717, 1.165) is 25.3 Å². The number of nitrogens with zero attached hydrogens (tertiary/aromatic N) is 2. The van der Waals surface area contributed by atoms with Gasteiger partial charge in [-0.3, -0.25) is 4.90 Å². The van der Waals surface area contributed by atoms with E-state index in [-0.39, 0.29) is 5.41 Å². The minimum atomic E-state index is -0.0187. The van der Waals surface area contributed by atoms with Crippen LogP contribution < -0.4 is 0 Å². The summed E-state index contributed by atoms with van der Waals surface area (Å²) in [4.78, 5) is 16.9. The Kier molecular flexibility index (Phi) is 4.77. The molecule has 0 atom stereocenters. The van der Waals surface area contributed by atoms with E-state index >= 15 is 0 Å². The highest BCUT2D eigenvalue weighted by atomic mass is 16.1.